The van der Waals surface area contributed by atoms with Gasteiger partial charge in [0.05, 0.1) is 20.1 Å². The van der Waals surface area contributed by atoms with E-state index in [0.717, 1.165) is 18.4 Å². The summed E-state index contributed by atoms with van der Waals surface area (Å²) in [6.45, 7) is 4.91. The summed E-state index contributed by atoms with van der Waals surface area (Å²) in [5.74, 6) is 1.37. The van der Waals surface area contributed by atoms with E-state index in [1.165, 1.54) is 0 Å². The minimum Gasteiger partial charge on any atom is -0.497 e. The second-order valence-corrected chi connectivity index (χ2v) is 7.50. The lowest BCUT2D eigenvalue weighted by molar-refractivity contribution is -0.132. The number of amides is 2. The van der Waals surface area contributed by atoms with Crippen LogP contribution in [0.15, 0.2) is 18.2 Å². The molecule has 3 rings (SSSR count). The van der Waals surface area contributed by atoms with Gasteiger partial charge in [-0.2, -0.15) is 0 Å². The zero-order valence-electron chi connectivity index (χ0n) is 16.0. The van der Waals surface area contributed by atoms with Crippen LogP contribution in [0, 0.1) is 11.8 Å². The molecule has 1 aromatic carbocycles. The van der Waals surface area contributed by atoms with Crippen molar-refractivity contribution in [2.24, 2.45) is 11.8 Å². The molecule has 0 bridgehead atoms. The molecule has 1 aliphatic heterocycles. The van der Waals surface area contributed by atoms with Crippen LogP contribution in [-0.2, 0) is 9.59 Å². The Morgan fingerprint density at radius 1 is 1.15 bits per heavy atom. The number of carbonyl (C=O) groups is 2. The second-order valence-electron chi connectivity index (χ2n) is 7.50. The molecule has 2 atom stereocenters. The first-order valence-electron chi connectivity index (χ1n) is 9.25. The Bertz CT molecular complexity index is 684. The second kappa shape index (κ2) is 7.56. The van der Waals surface area contributed by atoms with Crippen molar-refractivity contribution in [3.8, 4) is 11.5 Å². The number of carbonyl (C=O) groups excluding carboxylic acids is 2. The first-order valence-corrected chi connectivity index (χ1v) is 9.25. The zero-order chi connectivity index (χ0) is 18.8. The maximum Gasteiger partial charge on any atom is 0.225 e. The van der Waals surface area contributed by atoms with E-state index in [0.29, 0.717) is 24.6 Å². The van der Waals surface area contributed by atoms with E-state index in [2.05, 4.69) is 5.32 Å². The third-order valence-electron chi connectivity index (χ3n) is 5.17. The molecule has 2 aliphatic rings. The Hall–Kier alpha value is -2.24. The number of ether oxygens (including phenoxy) is 2. The lowest BCUT2D eigenvalue weighted by Gasteiger charge is -2.21. The minimum atomic E-state index is -0.276. The van der Waals surface area contributed by atoms with E-state index in [-0.39, 0.29) is 35.6 Å². The van der Waals surface area contributed by atoms with E-state index in [1.807, 2.05) is 36.9 Å². The van der Waals surface area contributed by atoms with Crippen molar-refractivity contribution >= 4 is 11.8 Å². The number of nitrogens with zero attached hydrogens (tertiary/aromatic N) is 1. The normalized spacial score (nSPS) is 22.4. The average molecular weight is 360 g/mol. The molecule has 1 N–H and O–H groups in total. The third-order valence-corrected chi connectivity index (χ3v) is 5.17. The van der Waals surface area contributed by atoms with Gasteiger partial charge >= 0.3 is 0 Å². The van der Waals surface area contributed by atoms with Crippen molar-refractivity contribution in [2.45, 2.75) is 38.6 Å². The van der Waals surface area contributed by atoms with E-state index in [9.17, 15) is 9.59 Å². The summed E-state index contributed by atoms with van der Waals surface area (Å²) in [6.07, 6.45) is 1.93. The van der Waals surface area contributed by atoms with Gasteiger partial charge in [0.2, 0.25) is 11.8 Å². The molecular weight excluding hydrogens is 332 g/mol. The van der Waals surface area contributed by atoms with Crippen molar-refractivity contribution in [2.75, 3.05) is 27.3 Å². The molecule has 142 valence electrons. The van der Waals surface area contributed by atoms with Gasteiger partial charge in [0, 0.05) is 42.6 Å². The number of benzene rings is 1. The highest BCUT2D eigenvalue weighted by Gasteiger charge is 2.44. The summed E-state index contributed by atoms with van der Waals surface area (Å²) in [7, 11) is 3.22. The van der Waals surface area contributed by atoms with Gasteiger partial charge < -0.3 is 19.7 Å². The fourth-order valence-electron chi connectivity index (χ4n) is 3.67. The number of rotatable bonds is 6. The largest absolute Gasteiger partial charge is 0.497 e. The SMILES string of the molecule is COc1ccc(C2CN(C(=O)C3CC3)CC2C(=O)NC(C)C)c(OC)c1. The molecule has 2 amide bonds. The fraction of sp³-hybridized carbons (Fsp3) is 0.600. The van der Waals surface area contributed by atoms with E-state index in [1.54, 1.807) is 14.2 Å². The van der Waals surface area contributed by atoms with Crippen LogP contribution >= 0.6 is 0 Å². The predicted molar refractivity (Wildman–Crippen MR) is 98.4 cm³/mol. The molecule has 6 heteroatoms. The van der Waals surface area contributed by atoms with Gasteiger partial charge in [-0.25, -0.2) is 0 Å². The number of likely N-dealkylation sites (tertiary alicyclic amines) is 1. The van der Waals surface area contributed by atoms with Gasteiger partial charge in [-0.05, 0) is 32.8 Å². The molecule has 6 nitrogen and oxygen atoms in total. The average Bonchev–Trinajstić information content (AvgIpc) is 3.38. The fourth-order valence-corrected chi connectivity index (χ4v) is 3.67. The summed E-state index contributed by atoms with van der Waals surface area (Å²) in [5.41, 5.74) is 0.948. The van der Waals surface area contributed by atoms with Gasteiger partial charge in [-0.3, -0.25) is 9.59 Å². The lowest BCUT2D eigenvalue weighted by atomic mass is 9.87. The van der Waals surface area contributed by atoms with Gasteiger partial charge in [-0.15, -0.1) is 0 Å². The summed E-state index contributed by atoms with van der Waals surface area (Å²) >= 11 is 0. The van der Waals surface area contributed by atoms with Gasteiger partial charge in [-0.1, -0.05) is 6.07 Å². The highest BCUT2D eigenvalue weighted by atomic mass is 16.5. The van der Waals surface area contributed by atoms with Crippen molar-refractivity contribution < 1.29 is 19.1 Å². The van der Waals surface area contributed by atoms with Gasteiger partial charge in [0.1, 0.15) is 11.5 Å². The van der Waals surface area contributed by atoms with Crippen molar-refractivity contribution in [1.29, 1.82) is 0 Å². The smallest absolute Gasteiger partial charge is 0.225 e. The van der Waals surface area contributed by atoms with Crippen molar-refractivity contribution in [3.05, 3.63) is 23.8 Å². The van der Waals surface area contributed by atoms with Crippen LogP contribution in [0.1, 0.15) is 38.2 Å². The van der Waals surface area contributed by atoms with Crippen molar-refractivity contribution in [1.82, 2.24) is 10.2 Å². The standard InChI is InChI=1S/C20H28N2O4/c1-12(2)21-19(23)17-11-22(20(24)13-5-6-13)10-16(17)15-8-7-14(25-3)9-18(15)26-4/h7-9,12-13,16-17H,5-6,10-11H2,1-4H3,(H,21,23). The van der Waals surface area contributed by atoms with Crippen molar-refractivity contribution in [3.63, 3.8) is 0 Å². The van der Waals surface area contributed by atoms with Crippen LogP contribution in [0.25, 0.3) is 0 Å². The summed E-state index contributed by atoms with van der Waals surface area (Å²) in [4.78, 5) is 27.2. The molecule has 2 unspecified atom stereocenters. The lowest BCUT2D eigenvalue weighted by Crippen LogP contribution is -2.39. The monoisotopic (exact) mass is 360 g/mol. The topological polar surface area (TPSA) is 67.9 Å². The van der Waals surface area contributed by atoms with E-state index < -0.39 is 0 Å². The number of hydrogen-bond acceptors (Lipinski definition) is 4. The Balaban J connectivity index is 1.90. The summed E-state index contributed by atoms with van der Waals surface area (Å²) in [5, 5.41) is 3.01. The minimum absolute atomic E-state index is 0.00559. The predicted octanol–water partition coefficient (Wildman–Crippen LogP) is 2.18. The van der Waals surface area contributed by atoms with Crippen LogP contribution in [0.4, 0.5) is 0 Å². The molecule has 1 heterocycles. The number of methoxy groups -OCH3 is 2. The van der Waals surface area contributed by atoms with Gasteiger partial charge in [0.25, 0.3) is 0 Å². The van der Waals surface area contributed by atoms with E-state index >= 15 is 0 Å². The third kappa shape index (κ3) is 3.79. The van der Waals surface area contributed by atoms with E-state index in [4.69, 9.17) is 9.47 Å². The number of nitrogens with one attached hydrogen (secondary N) is 1. The maximum absolute atomic E-state index is 12.8. The Labute approximate surface area is 154 Å². The maximum atomic E-state index is 12.8. The van der Waals surface area contributed by atoms with Crippen LogP contribution in [0.3, 0.4) is 0 Å². The Kier molecular flexibility index (Phi) is 5.39. The van der Waals surface area contributed by atoms with Gasteiger partial charge in [0.15, 0.2) is 0 Å². The first-order chi connectivity index (χ1) is 12.4. The Morgan fingerprint density at radius 2 is 1.88 bits per heavy atom. The summed E-state index contributed by atoms with van der Waals surface area (Å²) in [6, 6.07) is 5.72. The molecule has 2 fully saturated rings. The van der Waals surface area contributed by atoms with Crippen LogP contribution in [0.2, 0.25) is 0 Å². The zero-order valence-corrected chi connectivity index (χ0v) is 16.0. The number of hydrogen-bond donors (Lipinski definition) is 1. The van der Waals surface area contributed by atoms with Crippen LogP contribution in [0.5, 0.6) is 11.5 Å². The molecule has 1 saturated heterocycles. The highest BCUT2D eigenvalue weighted by Crippen LogP contribution is 2.41. The molecule has 26 heavy (non-hydrogen) atoms. The molecule has 1 aliphatic carbocycles. The molecule has 1 saturated carbocycles. The van der Waals surface area contributed by atoms with Crippen LogP contribution in [-0.4, -0.2) is 50.1 Å². The summed E-state index contributed by atoms with van der Waals surface area (Å²) < 4.78 is 10.8. The molecular formula is C20H28N2O4. The highest BCUT2D eigenvalue weighted by molar-refractivity contribution is 5.85. The van der Waals surface area contributed by atoms with Crippen LogP contribution < -0.4 is 14.8 Å². The molecule has 0 aromatic heterocycles. The quantitative estimate of drug-likeness (QED) is 0.844. The molecule has 0 radical (unpaired) electrons. The Morgan fingerprint density at radius 3 is 2.46 bits per heavy atom. The molecule has 0 spiro atoms. The first kappa shape index (κ1) is 18.5. The molecule has 1 aromatic rings.